The second-order valence-corrected chi connectivity index (χ2v) is 18.4. The van der Waals surface area contributed by atoms with Crippen LogP contribution in [0.15, 0.2) is 60.7 Å². The Labute approximate surface area is 223 Å². The second-order valence-electron chi connectivity index (χ2n) is 13.1. The van der Waals surface area contributed by atoms with Crippen molar-refractivity contribution >= 4 is 26.5 Å². The van der Waals surface area contributed by atoms with Gasteiger partial charge in [0.1, 0.15) is 0 Å². The van der Waals surface area contributed by atoms with E-state index in [4.69, 9.17) is 0 Å². The Balaban J connectivity index is 1.36. The molecule has 5 aliphatic carbocycles. The highest BCUT2D eigenvalue weighted by Crippen LogP contribution is 2.72. The third-order valence-corrected chi connectivity index (χ3v) is 17.7. The summed E-state index contributed by atoms with van der Waals surface area (Å²) in [5.41, 5.74) is 3.78. The van der Waals surface area contributed by atoms with Crippen LogP contribution in [0.3, 0.4) is 0 Å². The average Bonchev–Trinajstić information content (AvgIpc) is 2.94. The van der Waals surface area contributed by atoms with Crippen molar-refractivity contribution in [3.05, 3.63) is 60.7 Å². The molecule has 2 heteroatoms. The summed E-state index contributed by atoms with van der Waals surface area (Å²) in [6.07, 6.45) is 19.9. The van der Waals surface area contributed by atoms with Crippen molar-refractivity contribution in [3.63, 3.8) is 0 Å². The monoisotopic (exact) mass is 518 g/mol. The summed E-state index contributed by atoms with van der Waals surface area (Å²) in [5, 5.41) is 3.22. The Hall–Kier alpha value is -0.700. The Morgan fingerprint density at radius 3 is 1.64 bits per heavy atom. The van der Waals surface area contributed by atoms with Crippen LogP contribution in [-0.2, 0) is 0 Å². The van der Waals surface area contributed by atoms with Gasteiger partial charge in [-0.15, -0.1) is 0 Å². The summed E-state index contributed by atoms with van der Waals surface area (Å²) in [4.78, 5) is 0. The first kappa shape index (κ1) is 25.6. The molecule has 0 spiro atoms. The number of fused-ring (bicyclic) bond motifs is 2. The summed E-state index contributed by atoms with van der Waals surface area (Å²) < 4.78 is 0. The van der Waals surface area contributed by atoms with E-state index in [2.05, 4.69) is 74.5 Å². The van der Waals surface area contributed by atoms with Gasteiger partial charge in [-0.05, 0) is 103 Å². The highest BCUT2D eigenvalue weighted by atomic mass is 31.1. The zero-order valence-electron chi connectivity index (χ0n) is 22.8. The molecule has 0 radical (unpaired) electrons. The van der Waals surface area contributed by atoms with Gasteiger partial charge in [-0.3, -0.25) is 0 Å². The van der Waals surface area contributed by atoms with E-state index in [1.807, 2.05) is 0 Å². The largest absolute Gasteiger partial charge is 0.0968 e. The third-order valence-electron chi connectivity index (χ3n) is 11.0. The fourth-order valence-electron chi connectivity index (χ4n) is 8.89. The van der Waals surface area contributed by atoms with Crippen molar-refractivity contribution in [2.45, 2.75) is 108 Å². The lowest BCUT2D eigenvalue weighted by Crippen LogP contribution is -2.58. The molecule has 0 aromatic heterocycles. The number of benzene rings is 2. The maximum Gasteiger partial charge on any atom is -0.0167 e. The lowest BCUT2D eigenvalue weighted by atomic mass is 9.46. The molecule has 0 amide bonds. The van der Waals surface area contributed by atoms with Crippen LogP contribution in [0.5, 0.6) is 0 Å². The van der Waals surface area contributed by atoms with Crippen LogP contribution in [-0.4, -0.2) is 23.1 Å². The van der Waals surface area contributed by atoms with Crippen LogP contribution in [0, 0.1) is 23.2 Å². The second kappa shape index (κ2) is 11.2. The van der Waals surface area contributed by atoms with Crippen LogP contribution >= 0.6 is 15.8 Å². The van der Waals surface area contributed by atoms with Crippen LogP contribution in [0.2, 0.25) is 0 Å². The number of hydrogen-bond donors (Lipinski definition) is 0. The molecule has 5 aliphatic rings. The first-order chi connectivity index (χ1) is 17.6. The van der Waals surface area contributed by atoms with Crippen LogP contribution < -0.4 is 10.6 Å². The molecule has 5 saturated carbocycles. The summed E-state index contributed by atoms with van der Waals surface area (Å²) in [6, 6.07) is 23.3. The minimum absolute atomic E-state index is 0.150. The zero-order chi connectivity index (χ0) is 24.5. The molecule has 194 valence electrons. The smallest absolute Gasteiger partial charge is 0.0167 e. The minimum atomic E-state index is -0.293. The molecule has 5 fully saturated rings. The van der Waals surface area contributed by atoms with E-state index in [-0.39, 0.29) is 15.8 Å². The topological polar surface area (TPSA) is 0 Å². The number of hydrogen-bond acceptors (Lipinski definition) is 0. The predicted octanol–water partition coefficient (Wildman–Crippen LogP) is 9.32. The van der Waals surface area contributed by atoms with Gasteiger partial charge >= 0.3 is 0 Å². The molecular formula is C34H48P2. The van der Waals surface area contributed by atoms with Crippen molar-refractivity contribution in [2.75, 3.05) is 6.16 Å². The quantitative estimate of drug-likeness (QED) is 0.320. The van der Waals surface area contributed by atoms with Crippen molar-refractivity contribution in [2.24, 2.45) is 23.2 Å². The molecule has 0 N–H and O–H groups in total. The van der Waals surface area contributed by atoms with E-state index in [0.29, 0.717) is 5.41 Å². The predicted molar refractivity (Wildman–Crippen MR) is 162 cm³/mol. The first-order valence-electron chi connectivity index (χ1n) is 15.3. The fourth-order valence-corrected chi connectivity index (χ4v) is 16.6. The molecule has 0 saturated heterocycles. The highest BCUT2D eigenvalue weighted by Gasteiger charge is 2.60. The van der Waals surface area contributed by atoms with Crippen molar-refractivity contribution in [3.8, 4) is 0 Å². The van der Waals surface area contributed by atoms with E-state index in [0.717, 1.165) is 34.7 Å². The maximum absolute atomic E-state index is 2.64. The van der Waals surface area contributed by atoms with Crippen LogP contribution in [0.4, 0.5) is 0 Å². The van der Waals surface area contributed by atoms with Gasteiger partial charge in [-0.2, -0.15) is 0 Å². The van der Waals surface area contributed by atoms with E-state index >= 15 is 0 Å². The number of rotatable bonds is 7. The summed E-state index contributed by atoms with van der Waals surface area (Å²) in [5.74, 6) is 2.89. The zero-order valence-corrected chi connectivity index (χ0v) is 24.6. The van der Waals surface area contributed by atoms with Crippen molar-refractivity contribution < 1.29 is 0 Å². The van der Waals surface area contributed by atoms with Crippen molar-refractivity contribution in [1.29, 1.82) is 0 Å². The Morgan fingerprint density at radius 2 is 1.17 bits per heavy atom. The normalized spacial score (nSPS) is 30.9. The van der Waals surface area contributed by atoms with Crippen LogP contribution in [0.1, 0.15) is 90.9 Å². The molecule has 2 bridgehead atoms. The van der Waals surface area contributed by atoms with Crippen molar-refractivity contribution in [1.82, 2.24) is 0 Å². The molecule has 0 heterocycles. The molecule has 7 rings (SSSR count). The van der Waals surface area contributed by atoms with Gasteiger partial charge in [0, 0.05) is 0 Å². The Kier molecular flexibility index (Phi) is 7.95. The van der Waals surface area contributed by atoms with E-state index in [1.165, 1.54) is 51.1 Å². The summed E-state index contributed by atoms with van der Waals surface area (Å²) in [6.45, 7) is 5.29. The van der Waals surface area contributed by atoms with E-state index in [9.17, 15) is 0 Å². The van der Waals surface area contributed by atoms with Gasteiger partial charge in [0.2, 0.25) is 0 Å². The Morgan fingerprint density at radius 1 is 0.667 bits per heavy atom. The SMILES string of the molecule is CC1(C)[C@H]2C[C@@H]1[C@@H](CP(c1ccccc1)c1ccccc1)[C@@H](P(C1CCCCC1)C1CCCCC1)C2. The van der Waals surface area contributed by atoms with Crippen LogP contribution in [0.25, 0.3) is 0 Å². The summed E-state index contributed by atoms with van der Waals surface area (Å²) >= 11 is 0. The van der Waals surface area contributed by atoms with Gasteiger partial charge in [0.05, 0.1) is 0 Å². The molecule has 36 heavy (non-hydrogen) atoms. The lowest BCUT2D eigenvalue weighted by Gasteiger charge is -2.65. The van der Waals surface area contributed by atoms with Gasteiger partial charge in [-0.25, -0.2) is 0 Å². The van der Waals surface area contributed by atoms with Gasteiger partial charge in [0.25, 0.3) is 0 Å². The fraction of sp³-hybridized carbons (Fsp3) is 0.647. The standard InChI is InChI=1S/C34H48P2/c1-34(2)26-23-32(34)31(25-35(27-15-7-3-8-16-27)28-17-9-4-10-18-28)33(24-26)36(29-19-11-5-12-20-29)30-21-13-6-14-22-30/h3-4,7-10,15-18,26,29-33H,5-6,11-14,19-25H2,1-2H3/t26-,31+,32+,33-/m0/s1. The minimum Gasteiger partial charge on any atom is -0.0968 e. The Bertz CT molecular complexity index is 900. The first-order valence-corrected chi connectivity index (χ1v) is 18.4. The van der Waals surface area contributed by atoms with Gasteiger partial charge in [0.15, 0.2) is 0 Å². The lowest BCUT2D eigenvalue weighted by molar-refractivity contribution is -0.0950. The van der Waals surface area contributed by atoms with Gasteiger partial charge < -0.3 is 0 Å². The van der Waals surface area contributed by atoms with Gasteiger partial charge in [-0.1, -0.05) is 121 Å². The molecule has 0 unspecified atom stereocenters. The molecule has 2 aromatic rings. The summed E-state index contributed by atoms with van der Waals surface area (Å²) in [7, 11) is -0.143. The molecule has 4 atom stereocenters. The molecular weight excluding hydrogens is 470 g/mol. The van der Waals surface area contributed by atoms with E-state index < -0.39 is 0 Å². The molecule has 0 aliphatic heterocycles. The maximum atomic E-state index is 2.64. The van der Waals surface area contributed by atoms with E-state index in [1.54, 1.807) is 42.7 Å². The third kappa shape index (κ3) is 5.01. The average molecular weight is 519 g/mol. The molecule has 2 aromatic carbocycles. The highest BCUT2D eigenvalue weighted by molar-refractivity contribution is 7.73. The molecule has 0 nitrogen and oxygen atoms in total.